The molecule has 0 bridgehead atoms. The van der Waals surface area contributed by atoms with Crippen molar-refractivity contribution in [1.29, 1.82) is 0 Å². The molecule has 1 aromatic carbocycles. The summed E-state index contributed by atoms with van der Waals surface area (Å²) >= 11 is 0. The van der Waals surface area contributed by atoms with Crippen LogP contribution in [-0.4, -0.2) is 20.4 Å². The SMILES string of the molecule is CCCC(NC(=O)c1cccc(-c2ccncc2C)c1)c1nccn1C. The van der Waals surface area contributed by atoms with Crippen LogP contribution in [0.5, 0.6) is 0 Å². The average molecular weight is 348 g/mol. The van der Waals surface area contributed by atoms with Crippen molar-refractivity contribution in [3.8, 4) is 11.1 Å². The van der Waals surface area contributed by atoms with Crippen LogP contribution >= 0.6 is 0 Å². The van der Waals surface area contributed by atoms with Gasteiger partial charge in [0.2, 0.25) is 0 Å². The summed E-state index contributed by atoms with van der Waals surface area (Å²) in [5.74, 6) is 0.793. The minimum Gasteiger partial charge on any atom is -0.342 e. The summed E-state index contributed by atoms with van der Waals surface area (Å²) in [5, 5.41) is 3.14. The molecule has 3 aromatic rings. The summed E-state index contributed by atoms with van der Waals surface area (Å²) < 4.78 is 1.96. The first kappa shape index (κ1) is 17.9. The van der Waals surface area contributed by atoms with Gasteiger partial charge in [0.25, 0.3) is 5.91 Å². The van der Waals surface area contributed by atoms with E-state index < -0.39 is 0 Å². The Morgan fingerprint density at radius 2 is 2.12 bits per heavy atom. The highest BCUT2D eigenvalue weighted by molar-refractivity contribution is 5.95. The Hall–Kier alpha value is -2.95. The number of nitrogens with one attached hydrogen (secondary N) is 1. The summed E-state index contributed by atoms with van der Waals surface area (Å²) in [7, 11) is 1.95. The second-order valence-corrected chi connectivity index (χ2v) is 6.48. The van der Waals surface area contributed by atoms with Gasteiger partial charge in [-0.1, -0.05) is 25.5 Å². The molecule has 1 unspecified atom stereocenters. The molecule has 0 spiro atoms. The minimum atomic E-state index is -0.0983. The van der Waals surface area contributed by atoms with Crippen molar-refractivity contribution in [1.82, 2.24) is 19.9 Å². The van der Waals surface area contributed by atoms with E-state index in [-0.39, 0.29) is 11.9 Å². The zero-order valence-electron chi connectivity index (χ0n) is 15.4. The summed E-state index contributed by atoms with van der Waals surface area (Å²) in [6, 6.07) is 9.58. The number of carbonyl (C=O) groups is 1. The summed E-state index contributed by atoms with van der Waals surface area (Å²) in [4.78, 5) is 21.4. The van der Waals surface area contributed by atoms with E-state index in [0.29, 0.717) is 5.56 Å². The molecule has 0 aliphatic heterocycles. The molecule has 2 aromatic heterocycles. The van der Waals surface area contributed by atoms with Crippen LogP contribution in [0.1, 0.15) is 47.6 Å². The fourth-order valence-electron chi connectivity index (χ4n) is 3.13. The van der Waals surface area contributed by atoms with Crippen LogP contribution in [0.25, 0.3) is 11.1 Å². The standard InChI is InChI=1S/C21H24N4O/c1-4-6-19(20-23-11-12-25(20)3)24-21(26)17-8-5-7-16(13-17)18-9-10-22-14-15(18)2/h5,7-14,19H,4,6H2,1-3H3,(H,24,26). The molecule has 1 atom stereocenters. The van der Waals surface area contributed by atoms with Gasteiger partial charge in [0.15, 0.2) is 0 Å². The van der Waals surface area contributed by atoms with Gasteiger partial charge in [0, 0.05) is 37.4 Å². The van der Waals surface area contributed by atoms with Crippen molar-refractivity contribution in [2.24, 2.45) is 7.05 Å². The maximum absolute atomic E-state index is 12.8. The third-order valence-electron chi connectivity index (χ3n) is 4.51. The Bertz CT molecular complexity index is 900. The van der Waals surface area contributed by atoms with Crippen LogP contribution in [0.15, 0.2) is 55.1 Å². The van der Waals surface area contributed by atoms with E-state index in [2.05, 4.69) is 22.2 Å². The number of hydrogen-bond donors (Lipinski definition) is 1. The predicted molar refractivity (Wildman–Crippen MR) is 103 cm³/mol. The molecule has 0 saturated carbocycles. The maximum atomic E-state index is 12.8. The number of pyridine rings is 1. The molecule has 2 heterocycles. The Kier molecular flexibility index (Phi) is 5.46. The minimum absolute atomic E-state index is 0.0833. The quantitative estimate of drug-likeness (QED) is 0.731. The van der Waals surface area contributed by atoms with E-state index in [9.17, 15) is 4.79 Å². The monoisotopic (exact) mass is 348 g/mol. The number of aromatic nitrogens is 3. The molecule has 0 aliphatic rings. The van der Waals surface area contributed by atoms with Crippen molar-refractivity contribution in [3.05, 3.63) is 72.1 Å². The zero-order valence-corrected chi connectivity index (χ0v) is 15.4. The Morgan fingerprint density at radius 3 is 2.81 bits per heavy atom. The van der Waals surface area contributed by atoms with E-state index in [0.717, 1.165) is 35.4 Å². The molecule has 3 rings (SSSR count). The molecule has 134 valence electrons. The van der Waals surface area contributed by atoms with Crippen LogP contribution in [0, 0.1) is 6.92 Å². The molecule has 1 amide bonds. The average Bonchev–Trinajstić information content (AvgIpc) is 3.07. The van der Waals surface area contributed by atoms with Crippen LogP contribution in [0.4, 0.5) is 0 Å². The third-order valence-corrected chi connectivity index (χ3v) is 4.51. The molecule has 5 nitrogen and oxygen atoms in total. The Labute approximate surface area is 154 Å². The van der Waals surface area contributed by atoms with Gasteiger partial charge in [-0.2, -0.15) is 0 Å². The molecule has 0 radical (unpaired) electrons. The lowest BCUT2D eigenvalue weighted by molar-refractivity contribution is 0.0932. The number of imidazole rings is 1. The van der Waals surface area contributed by atoms with Gasteiger partial charge in [-0.3, -0.25) is 9.78 Å². The van der Waals surface area contributed by atoms with Gasteiger partial charge in [0.05, 0.1) is 6.04 Å². The fourth-order valence-corrected chi connectivity index (χ4v) is 3.13. The number of benzene rings is 1. The third kappa shape index (κ3) is 3.82. The van der Waals surface area contributed by atoms with Gasteiger partial charge in [-0.15, -0.1) is 0 Å². The highest BCUT2D eigenvalue weighted by Crippen LogP contribution is 2.24. The number of aryl methyl sites for hydroxylation is 2. The van der Waals surface area contributed by atoms with Gasteiger partial charge in [-0.25, -0.2) is 4.98 Å². The van der Waals surface area contributed by atoms with Gasteiger partial charge in [-0.05, 0) is 48.2 Å². The van der Waals surface area contributed by atoms with Crippen molar-refractivity contribution in [3.63, 3.8) is 0 Å². The van der Waals surface area contributed by atoms with Crippen molar-refractivity contribution in [2.75, 3.05) is 0 Å². The Balaban J connectivity index is 1.85. The number of carbonyl (C=O) groups excluding carboxylic acids is 1. The second-order valence-electron chi connectivity index (χ2n) is 6.48. The number of amides is 1. The number of rotatable bonds is 6. The molecular formula is C21H24N4O. The molecule has 1 N–H and O–H groups in total. The molecular weight excluding hydrogens is 324 g/mol. The van der Waals surface area contributed by atoms with E-state index >= 15 is 0 Å². The van der Waals surface area contributed by atoms with Gasteiger partial charge >= 0.3 is 0 Å². The van der Waals surface area contributed by atoms with E-state index in [1.807, 2.05) is 61.3 Å². The first-order valence-corrected chi connectivity index (χ1v) is 8.89. The first-order valence-electron chi connectivity index (χ1n) is 8.89. The summed E-state index contributed by atoms with van der Waals surface area (Å²) in [6.07, 6.45) is 9.08. The first-order chi connectivity index (χ1) is 12.6. The Morgan fingerprint density at radius 1 is 1.27 bits per heavy atom. The molecule has 26 heavy (non-hydrogen) atoms. The fraction of sp³-hybridized carbons (Fsp3) is 0.286. The van der Waals surface area contributed by atoms with Gasteiger partial charge in [0.1, 0.15) is 5.82 Å². The highest BCUT2D eigenvalue weighted by atomic mass is 16.1. The van der Waals surface area contributed by atoms with Crippen molar-refractivity contribution in [2.45, 2.75) is 32.7 Å². The number of hydrogen-bond acceptors (Lipinski definition) is 3. The second kappa shape index (κ2) is 7.95. The van der Waals surface area contributed by atoms with Crippen molar-refractivity contribution < 1.29 is 4.79 Å². The van der Waals surface area contributed by atoms with Crippen LogP contribution in [0.2, 0.25) is 0 Å². The van der Waals surface area contributed by atoms with Crippen LogP contribution in [-0.2, 0) is 7.05 Å². The summed E-state index contributed by atoms with van der Waals surface area (Å²) in [6.45, 7) is 4.13. The lowest BCUT2D eigenvalue weighted by Crippen LogP contribution is -2.30. The zero-order chi connectivity index (χ0) is 18.5. The van der Waals surface area contributed by atoms with Crippen molar-refractivity contribution >= 4 is 5.91 Å². The smallest absolute Gasteiger partial charge is 0.251 e. The normalized spacial score (nSPS) is 12.0. The van der Waals surface area contributed by atoms with Crippen LogP contribution < -0.4 is 5.32 Å². The largest absolute Gasteiger partial charge is 0.342 e. The van der Waals surface area contributed by atoms with E-state index in [1.165, 1.54) is 0 Å². The lowest BCUT2D eigenvalue weighted by Gasteiger charge is -2.18. The molecule has 5 heteroatoms. The van der Waals surface area contributed by atoms with Gasteiger partial charge < -0.3 is 9.88 Å². The molecule has 0 aliphatic carbocycles. The number of nitrogens with zero attached hydrogens (tertiary/aromatic N) is 3. The predicted octanol–water partition coefficient (Wildman–Crippen LogP) is 4.06. The van der Waals surface area contributed by atoms with Crippen LogP contribution in [0.3, 0.4) is 0 Å². The van der Waals surface area contributed by atoms with E-state index in [4.69, 9.17) is 0 Å². The molecule has 0 saturated heterocycles. The highest BCUT2D eigenvalue weighted by Gasteiger charge is 2.19. The topological polar surface area (TPSA) is 59.8 Å². The lowest BCUT2D eigenvalue weighted by atomic mass is 10.00. The van der Waals surface area contributed by atoms with E-state index in [1.54, 1.807) is 12.4 Å². The maximum Gasteiger partial charge on any atom is 0.251 e. The summed E-state index contributed by atoms with van der Waals surface area (Å²) in [5.41, 5.74) is 3.83. The molecule has 0 fully saturated rings.